The normalized spacial score (nSPS) is 13.3. The lowest BCUT2D eigenvalue weighted by Gasteiger charge is -2.32. The number of alkyl carbamates (subject to hydrolysis) is 2. The van der Waals surface area contributed by atoms with Crippen LogP contribution in [-0.4, -0.2) is 97.4 Å². The summed E-state index contributed by atoms with van der Waals surface area (Å²) in [7, 11) is -0.372. The molecule has 0 unspecified atom stereocenters. The third-order valence-electron chi connectivity index (χ3n) is 19.2. The van der Waals surface area contributed by atoms with Crippen molar-refractivity contribution in [1.82, 2.24) is 41.5 Å². The summed E-state index contributed by atoms with van der Waals surface area (Å²) in [6.07, 6.45) is 4.24. The van der Waals surface area contributed by atoms with E-state index in [9.17, 15) is 38.4 Å². The SMILES string of the molecule is CC(C)(C)OC(=O)NCc1ccc(-c2ncc(CNC(=O)c3ccc4c(c3)NC(=O)c3ccccc3O4)s2)cc1.CC(C)(C)OC(=O)NCc1ccc(B2OC(C)(C)C(C)(C)O2)cc1.Cl.ClCCl.NCc1ccc(-c2ncc(CNC(=O)c3ccc4c(c3)NC(=O)c3ccccc3O4)s2)cc1.O=C(NCc1cnc(Cl)s1)c1ccc2c(c1)NC(=O)c1ccccc1O2. The number of benzene rings is 9. The highest BCUT2D eigenvalue weighted by molar-refractivity contribution is 7.16. The molecule has 127 heavy (non-hydrogen) atoms. The number of nitrogens with zero attached hydrogens (tertiary/aromatic N) is 3. The molecule has 1 fully saturated rings. The molecule has 9 aromatic carbocycles. The first-order valence-electron chi connectivity index (χ1n) is 39.6. The molecule has 10 N–H and O–H groups in total. The molecule has 0 atom stereocenters. The van der Waals surface area contributed by atoms with Gasteiger partial charge in [-0.2, -0.15) is 0 Å². The van der Waals surface area contributed by atoms with Gasteiger partial charge in [-0.25, -0.2) is 24.5 Å². The van der Waals surface area contributed by atoms with Gasteiger partial charge in [0, 0.05) is 80.7 Å². The van der Waals surface area contributed by atoms with Crippen LogP contribution in [0.2, 0.25) is 4.47 Å². The third kappa shape index (κ3) is 26.2. The minimum Gasteiger partial charge on any atom is -0.454 e. The standard InChI is InChI=1S/C30H28N4O5S.C25H20N4O3S.C18H28BNO4.C18H12ClN3O3S.CH2Cl2.ClH/c1-30(2,3)39-29(37)33-15-18-8-10-19(11-9-18)28-32-17-21(40-28)16-31-26(35)20-12-13-25-23(14-20)34-27(36)22-6-4-5-7-24(22)38-25;26-12-15-5-7-16(8-6-15)25-28-14-18(33-25)13-27-23(30)17-9-10-22-20(11-17)29-24(31)19-3-1-2-4-21(19)32-22;1-16(2,3)22-15(21)20-12-13-8-10-14(11-9-13)19-23-17(4,5)18(6,7)24-19;19-18-21-9-11(26-18)8-20-16(23)10-5-6-15-13(7-10)22-17(24)12-3-1-2-4-14(12)25-15;2-1-3;/h4-14,17H,15-16H2,1-3H3,(H,31,35)(H,33,37)(H,34,36);1-11,14H,12-13,26H2,(H,27,30)(H,29,31);8-11H,12H2,1-7H3,(H,20,21);1-7,9H,8H2,(H,20,23)(H,22,24);1H2;1H. The number of halogens is 4. The molecule has 12 aromatic rings. The first-order valence-corrected chi connectivity index (χ1v) is 43.5. The highest BCUT2D eigenvalue weighted by Gasteiger charge is 2.51. The fourth-order valence-electron chi connectivity index (χ4n) is 12.2. The minimum atomic E-state index is -0.546. The third-order valence-corrected chi connectivity index (χ3v) is 22.4. The van der Waals surface area contributed by atoms with Crippen molar-refractivity contribution in [1.29, 1.82) is 0 Å². The van der Waals surface area contributed by atoms with Crippen molar-refractivity contribution in [2.24, 2.45) is 5.73 Å². The van der Waals surface area contributed by atoms with Crippen LogP contribution in [0.1, 0.15) is 163 Å². The minimum absolute atomic E-state index is 0. The second-order valence-electron chi connectivity index (χ2n) is 31.4. The van der Waals surface area contributed by atoms with Crippen LogP contribution >= 0.6 is 81.2 Å². The van der Waals surface area contributed by atoms with E-state index < -0.39 is 23.4 Å². The average molecular weight is 1850 g/mol. The highest BCUT2D eigenvalue weighted by atomic mass is 35.5. The zero-order chi connectivity index (χ0) is 90.0. The Morgan fingerprint density at radius 1 is 0.433 bits per heavy atom. The van der Waals surface area contributed by atoms with Crippen LogP contribution in [0.5, 0.6) is 34.5 Å². The van der Waals surface area contributed by atoms with Crippen molar-refractivity contribution in [3.05, 3.63) is 288 Å². The Labute approximate surface area is 767 Å². The number of fused-ring (bicyclic) bond motifs is 6. The molecule has 4 aliphatic rings. The second kappa shape index (κ2) is 42.8. The Balaban J connectivity index is 0.000000165. The van der Waals surface area contributed by atoms with E-state index >= 15 is 0 Å². The van der Waals surface area contributed by atoms with Crippen LogP contribution < -0.4 is 67.9 Å². The highest BCUT2D eigenvalue weighted by Crippen LogP contribution is 2.41. The van der Waals surface area contributed by atoms with E-state index in [1.54, 1.807) is 146 Å². The molecule has 35 heteroatoms. The summed E-state index contributed by atoms with van der Waals surface area (Å²) in [6, 6.07) is 59.3. The maximum absolute atomic E-state index is 12.9. The van der Waals surface area contributed by atoms with Gasteiger partial charge >= 0.3 is 19.3 Å². The first-order chi connectivity index (χ1) is 60.2. The quantitative estimate of drug-likeness (QED) is 0.0302. The zero-order valence-electron chi connectivity index (χ0n) is 70.6. The number of ether oxygens (including phenoxy) is 5. The summed E-state index contributed by atoms with van der Waals surface area (Å²) in [5, 5.41) is 24.4. The molecule has 0 bridgehead atoms. The van der Waals surface area contributed by atoms with Crippen molar-refractivity contribution >= 4 is 158 Å². The van der Waals surface area contributed by atoms with E-state index in [0.717, 1.165) is 57.9 Å². The lowest BCUT2D eigenvalue weighted by Crippen LogP contribution is -2.41. The summed E-state index contributed by atoms with van der Waals surface area (Å²) in [6.45, 7) is 21.4. The first kappa shape index (κ1) is 95.4. The molecule has 7 heterocycles. The van der Waals surface area contributed by atoms with E-state index in [0.29, 0.717) is 129 Å². The summed E-state index contributed by atoms with van der Waals surface area (Å²) < 4.78 is 40.5. The molecule has 27 nitrogen and oxygen atoms in total. The second-order valence-corrected chi connectivity index (χ2v) is 36.2. The van der Waals surface area contributed by atoms with Crippen molar-refractivity contribution in [3.63, 3.8) is 0 Å². The van der Waals surface area contributed by atoms with Crippen molar-refractivity contribution in [2.45, 2.75) is 131 Å². The molecule has 0 saturated carbocycles. The number of nitrogens with two attached hydrogens (primary N) is 1. The van der Waals surface area contributed by atoms with E-state index in [-0.39, 0.29) is 71.5 Å². The molecular formula is C92H91BCl4N12O15S3. The average Bonchev–Trinajstić information content (AvgIpc) is 1.62. The Bertz CT molecular complexity index is 5950. The maximum Gasteiger partial charge on any atom is 0.494 e. The van der Waals surface area contributed by atoms with Gasteiger partial charge in [0.15, 0.2) is 21.7 Å². The zero-order valence-corrected chi connectivity index (χ0v) is 76.2. The van der Waals surface area contributed by atoms with Gasteiger partial charge in [-0.3, -0.25) is 28.8 Å². The molecule has 8 amide bonds. The Morgan fingerprint density at radius 2 is 0.756 bits per heavy atom. The van der Waals surface area contributed by atoms with E-state index in [2.05, 4.69) is 57.5 Å². The molecule has 4 aliphatic heterocycles. The molecule has 0 aliphatic carbocycles. The maximum atomic E-state index is 12.9. The molecule has 0 spiro atoms. The summed E-state index contributed by atoms with van der Waals surface area (Å²) in [5.41, 5.74) is 13.7. The lowest BCUT2D eigenvalue weighted by atomic mass is 9.79. The van der Waals surface area contributed by atoms with Gasteiger partial charge in [0.25, 0.3) is 35.4 Å². The number of carbonyl (C=O) groups is 8. The number of hydrogen-bond donors (Lipinski definition) is 9. The lowest BCUT2D eigenvalue weighted by molar-refractivity contribution is 0.00578. The van der Waals surface area contributed by atoms with Gasteiger partial charge < -0.3 is 81.3 Å². The summed E-state index contributed by atoms with van der Waals surface area (Å²) >= 11 is 19.6. The van der Waals surface area contributed by atoms with Gasteiger partial charge in [-0.05, 0) is 182 Å². The predicted octanol–water partition coefficient (Wildman–Crippen LogP) is 19.6. The Kier molecular flexibility index (Phi) is 32.2. The largest absolute Gasteiger partial charge is 0.494 e. The number of nitrogens with one attached hydrogen (secondary N) is 8. The fourth-order valence-corrected chi connectivity index (χ4v) is 14.9. The number of carbonyl (C=O) groups excluding carboxylic acids is 8. The van der Waals surface area contributed by atoms with Crippen LogP contribution in [0.25, 0.3) is 21.1 Å². The van der Waals surface area contributed by atoms with E-state index in [1.807, 2.05) is 142 Å². The Morgan fingerprint density at radius 3 is 1.09 bits per heavy atom. The molecule has 0 radical (unpaired) electrons. The summed E-state index contributed by atoms with van der Waals surface area (Å²) in [4.78, 5) is 115. The van der Waals surface area contributed by atoms with Gasteiger partial charge in [0.05, 0.1) is 69.9 Å². The van der Waals surface area contributed by atoms with Gasteiger partial charge in [-0.15, -0.1) is 69.6 Å². The van der Waals surface area contributed by atoms with Gasteiger partial charge in [0.1, 0.15) is 38.5 Å². The topological polar surface area (TPSA) is 362 Å². The van der Waals surface area contributed by atoms with Gasteiger partial charge in [0.2, 0.25) is 0 Å². The van der Waals surface area contributed by atoms with Crippen molar-refractivity contribution in [3.8, 4) is 55.6 Å². The number of thiazole rings is 3. The smallest absolute Gasteiger partial charge is 0.454 e. The number of rotatable bonds is 17. The number of amides is 8. The van der Waals surface area contributed by atoms with Crippen LogP contribution in [0.4, 0.5) is 26.7 Å². The van der Waals surface area contributed by atoms with Crippen LogP contribution in [0.3, 0.4) is 0 Å². The molecule has 1 saturated heterocycles. The number of anilines is 3. The van der Waals surface area contributed by atoms with Crippen LogP contribution in [-0.2, 0) is 58.1 Å². The van der Waals surface area contributed by atoms with Crippen LogP contribution in [0.15, 0.2) is 219 Å². The molecule has 16 rings (SSSR count). The number of para-hydroxylation sites is 3. The van der Waals surface area contributed by atoms with Crippen molar-refractivity contribution < 1.29 is 71.3 Å². The number of hydrogen-bond acceptors (Lipinski definition) is 22. The van der Waals surface area contributed by atoms with Crippen LogP contribution in [0, 0.1) is 0 Å². The fraction of sp³-hybridized carbons (Fsp3) is 0.228. The van der Waals surface area contributed by atoms with E-state index in [1.165, 1.54) is 34.0 Å². The van der Waals surface area contributed by atoms with E-state index in [4.69, 9.17) is 73.5 Å². The number of alkyl halides is 2. The molecule has 658 valence electrons. The van der Waals surface area contributed by atoms with Gasteiger partial charge in [-0.1, -0.05) is 121 Å². The number of aromatic nitrogens is 3. The van der Waals surface area contributed by atoms with Crippen molar-refractivity contribution in [2.75, 3.05) is 21.3 Å². The monoisotopic (exact) mass is 1850 g/mol. The predicted molar refractivity (Wildman–Crippen MR) is 498 cm³/mol. The molecule has 3 aromatic heterocycles. The summed E-state index contributed by atoms with van der Waals surface area (Å²) in [5.74, 6) is 1.18. The Hall–Kier alpha value is -12.3. The molecular weight excluding hydrogens is 1760 g/mol.